The number of hydrogen-bond acceptors (Lipinski definition) is 20. The maximum atomic E-state index is 12.4. The van der Waals surface area contributed by atoms with E-state index in [4.69, 9.17) is 21.7 Å². The van der Waals surface area contributed by atoms with Crippen molar-refractivity contribution in [3.05, 3.63) is 50.4 Å². The lowest BCUT2D eigenvalue weighted by Crippen LogP contribution is -2.37. The standard InChI is InChI=1S/C19H26N6O21P4S/c26-9-1-2-24(19(31)23-9)17-13(29)11(27)7(42-17)3-40-47(32,33)44-49(36,37)46-50(38,39)45-48(34,35)41-4-8-12(28)14(30)18(43-8)25-6-22-10-15(25)20-5-21-16(10)51/h1-2,5-8,11-14,17-18,27-30H,3-4H2,(H,32,33)(H,34,35)(H,36,37)(H,38,39)(H,20,21,51)(H,23,26,31)/t7-,8-,11-,12-,13-,14-,17-,18-/m1/s1. The summed E-state index contributed by atoms with van der Waals surface area (Å²) in [6.45, 7) is -2.30. The average Bonchev–Trinajstić information content (AvgIpc) is 3.64. The number of fused-ring (bicyclic) bond motifs is 1. The number of aromatic nitrogens is 6. The van der Waals surface area contributed by atoms with Crippen molar-refractivity contribution in [3.63, 3.8) is 0 Å². The highest BCUT2D eigenvalue weighted by atomic mass is 32.1. The fraction of sp³-hybridized carbons (Fsp3) is 0.526. The SMILES string of the molecule is O=c1ccn([C@@H]2O[C@H](COP(=O)(O)OP(=O)(O)OP(=O)(O)OP(=O)(O)OC[C@H]3O[C@@H](n4cnc5c(=S)nc[nH]c54)[C@H](O)[C@@H]3O)[C@@H](O)[C@H]2O)c(=O)[nH]1. The number of nitrogens with one attached hydrogen (secondary N) is 2. The van der Waals surface area contributed by atoms with Gasteiger partial charge in [0, 0.05) is 12.3 Å². The van der Waals surface area contributed by atoms with Gasteiger partial charge in [-0.1, -0.05) is 12.2 Å². The molecule has 0 aromatic carbocycles. The second-order valence-electron chi connectivity index (χ2n) is 10.4. The first-order valence-corrected chi connectivity index (χ1v) is 20.0. The lowest BCUT2D eigenvalue weighted by molar-refractivity contribution is -0.0542. The van der Waals surface area contributed by atoms with E-state index in [1.807, 2.05) is 4.98 Å². The van der Waals surface area contributed by atoms with Gasteiger partial charge in [-0.05, 0) is 0 Å². The zero-order chi connectivity index (χ0) is 37.7. The monoisotopic (exact) mass is 830 g/mol. The molecule has 5 rings (SSSR count). The van der Waals surface area contributed by atoms with Crippen LogP contribution in [0.1, 0.15) is 12.5 Å². The predicted molar refractivity (Wildman–Crippen MR) is 160 cm³/mol. The van der Waals surface area contributed by atoms with Crippen LogP contribution in [0.5, 0.6) is 0 Å². The van der Waals surface area contributed by atoms with Crippen molar-refractivity contribution >= 4 is 54.7 Å². The number of phosphoric acid groups is 4. The molecule has 51 heavy (non-hydrogen) atoms. The Morgan fingerprint density at radius 1 is 0.765 bits per heavy atom. The van der Waals surface area contributed by atoms with Crippen molar-refractivity contribution < 1.29 is 89.7 Å². The molecule has 4 unspecified atom stereocenters. The minimum atomic E-state index is -6.22. The first kappa shape index (κ1) is 40.0. The second-order valence-corrected chi connectivity index (χ2v) is 17.0. The number of rotatable bonds is 14. The number of nitrogens with zero attached hydrogens (tertiary/aromatic N) is 4. The van der Waals surface area contributed by atoms with E-state index in [0.29, 0.717) is 4.57 Å². The summed E-state index contributed by atoms with van der Waals surface area (Å²) in [7, 11) is -24.0. The Morgan fingerprint density at radius 3 is 1.76 bits per heavy atom. The van der Waals surface area contributed by atoms with Crippen LogP contribution in [0.3, 0.4) is 0 Å². The van der Waals surface area contributed by atoms with Crippen LogP contribution in [-0.4, -0.2) is 119 Å². The zero-order valence-electron chi connectivity index (χ0n) is 24.7. The van der Waals surface area contributed by atoms with E-state index in [2.05, 4.69) is 36.9 Å². The number of phosphoric ester groups is 2. The Hall–Kier alpha value is -2.23. The molecule has 0 amide bonds. The Bertz CT molecular complexity index is 2140. The molecule has 5 heterocycles. The average molecular weight is 830 g/mol. The molecule has 10 N–H and O–H groups in total. The van der Waals surface area contributed by atoms with Gasteiger partial charge < -0.3 is 54.5 Å². The molecule has 32 heteroatoms. The van der Waals surface area contributed by atoms with Gasteiger partial charge in [-0.2, -0.15) is 12.9 Å². The molecule has 3 aromatic rings. The highest BCUT2D eigenvalue weighted by Crippen LogP contribution is 2.71. The lowest BCUT2D eigenvalue weighted by Gasteiger charge is -2.21. The summed E-state index contributed by atoms with van der Waals surface area (Å²) in [4.78, 5) is 75.0. The number of aliphatic hydroxyl groups is 4. The zero-order valence-corrected chi connectivity index (χ0v) is 29.1. The van der Waals surface area contributed by atoms with Crippen molar-refractivity contribution in [2.45, 2.75) is 49.1 Å². The second kappa shape index (κ2) is 14.9. The van der Waals surface area contributed by atoms with Crippen LogP contribution in [-0.2, 0) is 49.7 Å². The smallest absolute Gasteiger partial charge is 0.387 e. The highest BCUT2D eigenvalue weighted by Gasteiger charge is 2.50. The number of aromatic amines is 2. The van der Waals surface area contributed by atoms with Crippen LogP contribution in [0.25, 0.3) is 11.2 Å². The van der Waals surface area contributed by atoms with Crippen LogP contribution < -0.4 is 11.2 Å². The van der Waals surface area contributed by atoms with Gasteiger partial charge in [0.1, 0.15) is 47.8 Å². The van der Waals surface area contributed by atoms with Crippen molar-refractivity contribution in [1.82, 2.24) is 29.1 Å². The Morgan fingerprint density at radius 2 is 1.25 bits per heavy atom. The van der Waals surface area contributed by atoms with Crippen molar-refractivity contribution in [3.8, 4) is 0 Å². The van der Waals surface area contributed by atoms with E-state index in [9.17, 15) is 67.8 Å². The van der Waals surface area contributed by atoms with Crippen LogP contribution in [0.15, 0.2) is 34.5 Å². The van der Waals surface area contributed by atoms with Crippen molar-refractivity contribution in [2.24, 2.45) is 0 Å². The predicted octanol–water partition coefficient (Wildman–Crippen LogP) is -2.24. The molecule has 0 bridgehead atoms. The van der Waals surface area contributed by atoms with E-state index in [1.165, 1.54) is 17.2 Å². The summed E-state index contributed by atoms with van der Waals surface area (Å²) in [6, 6.07) is 0.877. The topological polar surface area (TPSA) is 396 Å². The minimum Gasteiger partial charge on any atom is -0.387 e. The molecular weight excluding hydrogens is 804 g/mol. The quantitative estimate of drug-likeness (QED) is 0.0606. The van der Waals surface area contributed by atoms with Crippen LogP contribution in [0, 0.1) is 4.64 Å². The van der Waals surface area contributed by atoms with E-state index in [1.54, 1.807) is 0 Å². The fourth-order valence-electron chi connectivity index (χ4n) is 4.69. The lowest BCUT2D eigenvalue weighted by atomic mass is 10.1. The maximum absolute atomic E-state index is 12.4. The molecule has 0 radical (unpaired) electrons. The number of H-pyrrole nitrogens is 2. The number of aliphatic hydroxyl groups excluding tert-OH is 4. The van der Waals surface area contributed by atoms with Crippen molar-refractivity contribution in [1.29, 1.82) is 0 Å². The molecule has 3 aromatic heterocycles. The summed E-state index contributed by atoms with van der Waals surface area (Å²) in [5.74, 6) is 0. The molecule has 2 aliphatic rings. The molecule has 27 nitrogen and oxygen atoms in total. The highest BCUT2D eigenvalue weighted by molar-refractivity contribution is 7.71. The van der Waals surface area contributed by atoms with Crippen molar-refractivity contribution in [2.75, 3.05) is 13.2 Å². The maximum Gasteiger partial charge on any atom is 0.490 e. The molecule has 0 spiro atoms. The summed E-state index contributed by atoms with van der Waals surface area (Å²) < 4.78 is 82.2. The van der Waals surface area contributed by atoms with Gasteiger partial charge in [0.15, 0.2) is 17.1 Å². The molecule has 0 saturated carbocycles. The number of imidazole rings is 1. The molecule has 12 atom stereocenters. The minimum absolute atomic E-state index is 0.0918. The van der Waals surface area contributed by atoms with Gasteiger partial charge in [0.05, 0.1) is 25.9 Å². The van der Waals surface area contributed by atoms with E-state index in [0.717, 1.165) is 12.3 Å². The van der Waals surface area contributed by atoms with Gasteiger partial charge in [-0.3, -0.25) is 28.0 Å². The van der Waals surface area contributed by atoms with Crippen LogP contribution in [0.4, 0.5) is 0 Å². The first-order chi connectivity index (χ1) is 23.6. The Balaban J connectivity index is 1.14. The molecule has 2 aliphatic heterocycles. The molecule has 284 valence electrons. The number of hydrogen-bond donors (Lipinski definition) is 10. The van der Waals surface area contributed by atoms with E-state index < -0.39 is 105 Å². The molecule has 2 fully saturated rings. The van der Waals surface area contributed by atoms with Gasteiger partial charge >= 0.3 is 37.0 Å². The van der Waals surface area contributed by atoms with Gasteiger partial charge in [-0.15, -0.1) is 0 Å². The third-order valence-electron chi connectivity index (χ3n) is 6.88. The molecular formula is C19H26N6O21P4S. The van der Waals surface area contributed by atoms with Gasteiger partial charge in [0.25, 0.3) is 5.56 Å². The van der Waals surface area contributed by atoms with Gasteiger partial charge in [-0.25, -0.2) is 33.0 Å². The fourth-order valence-corrected chi connectivity index (χ4v) is 9.85. The summed E-state index contributed by atoms with van der Waals surface area (Å²) >= 11 is 5.05. The van der Waals surface area contributed by atoms with E-state index >= 15 is 0 Å². The normalized spacial score (nSPS) is 31.5. The first-order valence-electron chi connectivity index (χ1n) is 13.6. The Kier molecular flexibility index (Phi) is 11.7. The third-order valence-corrected chi connectivity index (χ3v) is 13.1. The summed E-state index contributed by atoms with van der Waals surface area (Å²) in [5.41, 5.74) is -1.45. The molecule has 0 aliphatic carbocycles. The van der Waals surface area contributed by atoms with E-state index in [-0.39, 0.29) is 15.8 Å². The van der Waals surface area contributed by atoms with Gasteiger partial charge in [0.2, 0.25) is 0 Å². The number of ether oxygens (including phenoxy) is 2. The van der Waals surface area contributed by atoms with Crippen LogP contribution in [0.2, 0.25) is 0 Å². The summed E-state index contributed by atoms with van der Waals surface area (Å²) in [6.07, 6.45) is -10.3. The summed E-state index contributed by atoms with van der Waals surface area (Å²) in [5, 5.41) is 41.3. The largest absolute Gasteiger partial charge is 0.490 e. The third kappa shape index (κ3) is 9.29. The van der Waals surface area contributed by atoms with Crippen LogP contribution >= 0.6 is 43.5 Å². The molecule has 2 saturated heterocycles. The Labute approximate surface area is 286 Å².